The molecule has 1 saturated heterocycles. The molecule has 1 fully saturated rings. The maximum absolute atomic E-state index is 14.5. The van der Waals surface area contributed by atoms with Gasteiger partial charge < -0.3 is 10.2 Å². The van der Waals surface area contributed by atoms with Gasteiger partial charge in [-0.15, -0.1) is 0 Å². The molecule has 0 saturated carbocycles. The van der Waals surface area contributed by atoms with E-state index >= 15 is 0 Å². The highest BCUT2D eigenvalue weighted by Crippen LogP contribution is 2.25. The summed E-state index contributed by atoms with van der Waals surface area (Å²) in [6.45, 7) is 4.92. The minimum atomic E-state index is -0.383. The van der Waals surface area contributed by atoms with Gasteiger partial charge in [-0.1, -0.05) is 13.0 Å². The lowest BCUT2D eigenvalue weighted by Gasteiger charge is -2.33. The second-order valence-corrected chi connectivity index (χ2v) is 6.31. The van der Waals surface area contributed by atoms with Gasteiger partial charge in [-0.05, 0) is 37.8 Å². The highest BCUT2D eigenvalue weighted by atomic mass is 19.1. The largest absolute Gasteiger partial charge is 0.353 e. The maximum Gasteiger partial charge on any atom is 0.230 e. The van der Waals surface area contributed by atoms with Crippen molar-refractivity contribution < 1.29 is 9.18 Å². The number of hydrogen-bond donors (Lipinski definition) is 1. The van der Waals surface area contributed by atoms with Gasteiger partial charge in [0.15, 0.2) is 11.6 Å². The number of carbonyl (C=O) groups is 1. The molecule has 1 aliphatic heterocycles. The summed E-state index contributed by atoms with van der Waals surface area (Å²) in [5.74, 6) is 0.126. The minimum absolute atomic E-state index is 0.0915. The predicted octanol–water partition coefficient (Wildman–Crippen LogP) is 2.74. The first kappa shape index (κ1) is 17.3. The third kappa shape index (κ3) is 3.92. The Morgan fingerprint density at radius 1 is 1.36 bits per heavy atom. The van der Waals surface area contributed by atoms with Crippen LogP contribution in [0.1, 0.15) is 31.0 Å². The first-order valence-corrected chi connectivity index (χ1v) is 8.56. The van der Waals surface area contributed by atoms with Gasteiger partial charge in [-0.3, -0.25) is 4.79 Å². The van der Waals surface area contributed by atoms with Crippen molar-refractivity contribution in [3.05, 3.63) is 41.7 Å². The number of anilines is 2. The van der Waals surface area contributed by atoms with Crippen LogP contribution in [0.25, 0.3) is 0 Å². The molecule has 2 aromatic rings. The molecule has 0 bridgehead atoms. The Morgan fingerprint density at radius 3 is 2.92 bits per heavy atom. The predicted molar refractivity (Wildman–Crippen MR) is 93.9 cm³/mol. The number of hydrogen-bond acceptors (Lipinski definition) is 5. The molecule has 7 heteroatoms. The molecular weight excluding hydrogens is 321 g/mol. The number of amides is 1. The van der Waals surface area contributed by atoms with Crippen molar-refractivity contribution in [2.75, 3.05) is 23.3 Å². The SMILES string of the molecule is CCc1ncnc(N2CCC[C@@H](C(=O)Nc3ccc(C)cn3)C2)c1F. The van der Waals surface area contributed by atoms with E-state index in [0.29, 0.717) is 31.0 Å². The lowest BCUT2D eigenvalue weighted by atomic mass is 9.97. The zero-order valence-corrected chi connectivity index (χ0v) is 14.5. The minimum Gasteiger partial charge on any atom is -0.353 e. The van der Waals surface area contributed by atoms with Crippen LogP contribution in [0.15, 0.2) is 24.7 Å². The molecule has 0 spiro atoms. The van der Waals surface area contributed by atoms with Crippen LogP contribution in [0.4, 0.5) is 16.0 Å². The molecule has 132 valence electrons. The zero-order valence-electron chi connectivity index (χ0n) is 14.5. The maximum atomic E-state index is 14.5. The fourth-order valence-electron chi connectivity index (χ4n) is 3.02. The van der Waals surface area contributed by atoms with Gasteiger partial charge >= 0.3 is 0 Å². The normalized spacial score (nSPS) is 17.4. The second-order valence-electron chi connectivity index (χ2n) is 6.31. The molecule has 0 unspecified atom stereocenters. The molecule has 1 N–H and O–H groups in total. The van der Waals surface area contributed by atoms with Crippen molar-refractivity contribution >= 4 is 17.5 Å². The summed E-state index contributed by atoms with van der Waals surface area (Å²) in [5, 5.41) is 2.84. The van der Waals surface area contributed by atoms with Crippen LogP contribution in [0, 0.1) is 18.7 Å². The lowest BCUT2D eigenvalue weighted by molar-refractivity contribution is -0.120. The zero-order chi connectivity index (χ0) is 17.8. The second kappa shape index (κ2) is 7.55. The Hall–Kier alpha value is -2.57. The van der Waals surface area contributed by atoms with E-state index in [0.717, 1.165) is 18.4 Å². The summed E-state index contributed by atoms with van der Waals surface area (Å²) in [7, 11) is 0. The van der Waals surface area contributed by atoms with Crippen LogP contribution in [0.5, 0.6) is 0 Å². The average molecular weight is 343 g/mol. The number of nitrogens with one attached hydrogen (secondary N) is 1. The number of carbonyl (C=O) groups excluding carboxylic acids is 1. The van der Waals surface area contributed by atoms with E-state index in [2.05, 4.69) is 20.3 Å². The smallest absolute Gasteiger partial charge is 0.230 e. The van der Waals surface area contributed by atoms with E-state index in [1.165, 1.54) is 6.33 Å². The summed E-state index contributed by atoms with van der Waals surface area (Å²) >= 11 is 0. The van der Waals surface area contributed by atoms with Crippen LogP contribution >= 0.6 is 0 Å². The van der Waals surface area contributed by atoms with Crippen LogP contribution < -0.4 is 10.2 Å². The number of rotatable bonds is 4. The molecule has 0 aliphatic carbocycles. The van der Waals surface area contributed by atoms with Gasteiger partial charge in [-0.2, -0.15) is 0 Å². The van der Waals surface area contributed by atoms with E-state index in [4.69, 9.17) is 0 Å². The van der Waals surface area contributed by atoms with E-state index < -0.39 is 0 Å². The molecule has 3 rings (SSSR count). The Kier molecular flexibility index (Phi) is 5.21. The van der Waals surface area contributed by atoms with Crippen molar-refractivity contribution in [2.24, 2.45) is 5.92 Å². The van der Waals surface area contributed by atoms with Gasteiger partial charge in [0.25, 0.3) is 0 Å². The van der Waals surface area contributed by atoms with Gasteiger partial charge in [-0.25, -0.2) is 19.3 Å². The number of nitrogens with zero attached hydrogens (tertiary/aromatic N) is 4. The number of aromatic nitrogens is 3. The van der Waals surface area contributed by atoms with Gasteiger partial charge in [0.1, 0.15) is 12.1 Å². The van der Waals surface area contributed by atoms with E-state index in [-0.39, 0.29) is 23.5 Å². The third-order valence-corrected chi connectivity index (χ3v) is 4.43. The number of aryl methyl sites for hydroxylation is 2. The first-order valence-electron chi connectivity index (χ1n) is 8.56. The standard InChI is InChI=1S/C18H22FN5O/c1-3-14-16(19)17(22-11-21-14)24-8-4-5-13(10-24)18(25)23-15-7-6-12(2)9-20-15/h6-7,9,11,13H,3-5,8,10H2,1-2H3,(H,20,23,25)/t13-/m1/s1. The third-order valence-electron chi connectivity index (χ3n) is 4.43. The van der Waals surface area contributed by atoms with Crippen molar-refractivity contribution in [3.8, 4) is 0 Å². The molecule has 6 nitrogen and oxygen atoms in total. The molecule has 0 radical (unpaired) electrons. The van der Waals surface area contributed by atoms with Crippen molar-refractivity contribution in [3.63, 3.8) is 0 Å². The summed E-state index contributed by atoms with van der Waals surface area (Å²) in [5.41, 5.74) is 1.44. The molecule has 2 aromatic heterocycles. The topological polar surface area (TPSA) is 71.0 Å². The summed E-state index contributed by atoms with van der Waals surface area (Å²) < 4.78 is 14.5. The van der Waals surface area contributed by atoms with Crippen LogP contribution in [-0.4, -0.2) is 33.9 Å². The first-order chi connectivity index (χ1) is 12.1. The van der Waals surface area contributed by atoms with E-state index in [1.807, 2.05) is 24.8 Å². The highest BCUT2D eigenvalue weighted by molar-refractivity contribution is 5.92. The molecule has 1 aliphatic rings. The van der Waals surface area contributed by atoms with Crippen LogP contribution in [0.2, 0.25) is 0 Å². The van der Waals surface area contributed by atoms with Gasteiger partial charge in [0.2, 0.25) is 5.91 Å². The Bertz CT molecular complexity index is 750. The number of pyridine rings is 1. The summed E-state index contributed by atoms with van der Waals surface area (Å²) in [6.07, 6.45) is 5.19. The quantitative estimate of drug-likeness (QED) is 0.924. The average Bonchev–Trinajstić information content (AvgIpc) is 2.64. The van der Waals surface area contributed by atoms with E-state index in [9.17, 15) is 9.18 Å². The molecule has 25 heavy (non-hydrogen) atoms. The summed E-state index contributed by atoms with van der Waals surface area (Å²) in [4.78, 5) is 26.6. The number of piperidine rings is 1. The molecule has 1 amide bonds. The Labute approximate surface area is 146 Å². The fourth-order valence-corrected chi connectivity index (χ4v) is 3.02. The molecular formula is C18H22FN5O. The van der Waals surface area contributed by atoms with Crippen LogP contribution in [-0.2, 0) is 11.2 Å². The van der Waals surface area contributed by atoms with Crippen molar-refractivity contribution in [2.45, 2.75) is 33.1 Å². The molecule has 3 heterocycles. The fraction of sp³-hybridized carbons (Fsp3) is 0.444. The number of halogens is 1. The van der Waals surface area contributed by atoms with Gasteiger partial charge in [0.05, 0.1) is 11.6 Å². The Morgan fingerprint density at radius 2 is 2.20 bits per heavy atom. The van der Waals surface area contributed by atoms with Crippen LogP contribution in [0.3, 0.4) is 0 Å². The molecule has 0 aromatic carbocycles. The molecule has 1 atom stereocenters. The van der Waals surface area contributed by atoms with Gasteiger partial charge in [0, 0.05) is 19.3 Å². The Balaban J connectivity index is 1.70. The van der Waals surface area contributed by atoms with Crippen molar-refractivity contribution in [1.82, 2.24) is 15.0 Å². The monoisotopic (exact) mass is 343 g/mol. The highest BCUT2D eigenvalue weighted by Gasteiger charge is 2.28. The van der Waals surface area contributed by atoms with Crippen molar-refractivity contribution in [1.29, 1.82) is 0 Å². The lowest BCUT2D eigenvalue weighted by Crippen LogP contribution is -2.41. The summed E-state index contributed by atoms with van der Waals surface area (Å²) in [6, 6.07) is 3.68. The van der Waals surface area contributed by atoms with E-state index in [1.54, 1.807) is 12.3 Å².